The van der Waals surface area contributed by atoms with E-state index in [1.54, 1.807) is 0 Å². The van der Waals surface area contributed by atoms with E-state index in [1.807, 2.05) is 19.1 Å². The fourth-order valence-corrected chi connectivity index (χ4v) is 3.41. The van der Waals surface area contributed by atoms with Gasteiger partial charge in [0.2, 0.25) is 0 Å². The minimum atomic E-state index is -0.111. The lowest BCUT2D eigenvalue weighted by molar-refractivity contribution is -0.138. The van der Waals surface area contributed by atoms with Crippen LogP contribution in [-0.2, 0) is 16.1 Å². The van der Waals surface area contributed by atoms with Gasteiger partial charge in [0.15, 0.2) is 0 Å². The number of rotatable bonds is 2. The van der Waals surface area contributed by atoms with Crippen LogP contribution in [-0.4, -0.2) is 32.1 Å². The molecule has 1 aliphatic carbocycles. The lowest BCUT2D eigenvalue weighted by atomic mass is 9.93. The first-order valence-corrected chi connectivity index (χ1v) is 7.53. The molecule has 0 spiro atoms. The van der Waals surface area contributed by atoms with Gasteiger partial charge in [-0.2, -0.15) is 0 Å². The molecular formula is C16H16N4O2. The number of imide groups is 1. The zero-order chi connectivity index (χ0) is 15.3. The normalized spacial score (nSPS) is 18.5. The Morgan fingerprint density at radius 2 is 1.82 bits per heavy atom. The number of benzene rings is 1. The number of H-pyrrole nitrogens is 1. The molecule has 4 rings (SSSR count). The molecule has 0 fully saturated rings. The topological polar surface area (TPSA) is 79.0 Å². The highest BCUT2D eigenvalue weighted by molar-refractivity contribution is 6.19. The molecule has 1 N–H and O–H groups in total. The minimum absolute atomic E-state index is 0.111. The summed E-state index contributed by atoms with van der Waals surface area (Å²) in [6.45, 7) is 2.26. The largest absolute Gasteiger partial charge is 0.270 e. The van der Waals surface area contributed by atoms with Crippen molar-refractivity contribution in [3.63, 3.8) is 0 Å². The van der Waals surface area contributed by atoms with Crippen LogP contribution in [0.4, 0.5) is 0 Å². The van der Waals surface area contributed by atoms with Crippen molar-refractivity contribution in [1.82, 2.24) is 20.3 Å². The Kier molecular flexibility index (Phi) is 2.85. The summed E-state index contributed by atoms with van der Waals surface area (Å²) in [6, 6.07) is 3.86. The van der Waals surface area contributed by atoms with Crippen molar-refractivity contribution in [2.75, 3.05) is 0 Å². The summed E-state index contributed by atoms with van der Waals surface area (Å²) in [5, 5.41) is 10.6. The zero-order valence-corrected chi connectivity index (χ0v) is 12.3. The molecule has 22 heavy (non-hydrogen) atoms. The van der Waals surface area contributed by atoms with Crippen molar-refractivity contribution < 1.29 is 9.59 Å². The molecule has 0 saturated heterocycles. The molecule has 112 valence electrons. The van der Waals surface area contributed by atoms with Gasteiger partial charge in [-0.15, -0.1) is 5.10 Å². The van der Waals surface area contributed by atoms with Crippen LogP contribution in [0.1, 0.15) is 36.8 Å². The lowest BCUT2D eigenvalue weighted by Gasteiger charge is -2.15. The number of aromatic nitrogens is 3. The summed E-state index contributed by atoms with van der Waals surface area (Å²) in [5.74, 6) is -0.222. The molecule has 1 aromatic carbocycles. The Balaban J connectivity index is 1.66. The highest BCUT2D eigenvalue weighted by atomic mass is 16.2. The lowest BCUT2D eigenvalue weighted by Crippen LogP contribution is -2.31. The first kappa shape index (κ1) is 13.2. The second-order valence-corrected chi connectivity index (χ2v) is 5.98. The first-order chi connectivity index (χ1) is 10.6. The predicted molar refractivity (Wildman–Crippen MR) is 79.7 cm³/mol. The zero-order valence-electron chi connectivity index (χ0n) is 12.3. The second-order valence-electron chi connectivity index (χ2n) is 5.98. The maximum Gasteiger partial charge on any atom is 0.257 e. The van der Waals surface area contributed by atoms with Crippen LogP contribution in [0.5, 0.6) is 0 Å². The monoisotopic (exact) mass is 296 g/mol. The van der Waals surface area contributed by atoms with Crippen molar-refractivity contribution in [2.24, 2.45) is 0 Å². The van der Waals surface area contributed by atoms with E-state index in [9.17, 15) is 9.59 Å². The molecule has 0 saturated carbocycles. The summed E-state index contributed by atoms with van der Waals surface area (Å²) < 4.78 is 0. The number of nitrogens with zero attached hydrogens (tertiary/aromatic N) is 3. The number of nitrogens with one attached hydrogen (secondary N) is 1. The smallest absolute Gasteiger partial charge is 0.257 e. The van der Waals surface area contributed by atoms with Crippen LogP contribution < -0.4 is 0 Å². The quantitative estimate of drug-likeness (QED) is 0.860. The van der Waals surface area contributed by atoms with Gasteiger partial charge in [0.05, 0.1) is 12.1 Å². The average molecular weight is 296 g/mol. The Labute approximate surface area is 127 Å². The summed E-state index contributed by atoms with van der Waals surface area (Å²) in [5.41, 5.74) is 5.01. The van der Waals surface area contributed by atoms with E-state index in [4.69, 9.17) is 0 Å². The molecule has 0 unspecified atom stereocenters. The van der Waals surface area contributed by atoms with Gasteiger partial charge >= 0.3 is 0 Å². The van der Waals surface area contributed by atoms with Crippen molar-refractivity contribution in [2.45, 2.75) is 39.2 Å². The fourth-order valence-electron chi connectivity index (χ4n) is 3.41. The summed E-state index contributed by atoms with van der Waals surface area (Å²) in [7, 11) is 0. The molecule has 1 aromatic heterocycles. The fraction of sp³-hybridized carbons (Fsp3) is 0.375. The van der Waals surface area contributed by atoms with Gasteiger partial charge in [-0.25, -0.2) is 0 Å². The third-order valence-electron chi connectivity index (χ3n) is 4.50. The van der Waals surface area contributed by atoms with E-state index >= 15 is 0 Å². The van der Waals surface area contributed by atoms with Gasteiger partial charge in [0, 0.05) is 11.1 Å². The SMILES string of the molecule is Cc1cc(CN2C(=O)C3=C(CCCC3)C2=O)cc2[nH]nnc12. The number of aryl methyl sites for hydroxylation is 1. The summed E-state index contributed by atoms with van der Waals surface area (Å²) in [4.78, 5) is 26.3. The van der Waals surface area contributed by atoms with E-state index in [1.165, 1.54) is 4.90 Å². The van der Waals surface area contributed by atoms with Crippen LogP contribution in [0, 0.1) is 6.92 Å². The van der Waals surface area contributed by atoms with Crippen molar-refractivity contribution in [1.29, 1.82) is 0 Å². The number of fused-ring (bicyclic) bond motifs is 1. The third kappa shape index (κ3) is 1.87. The first-order valence-electron chi connectivity index (χ1n) is 7.53. The van der Waals surface area contributed by atoms with Gasteiger partial charge < -0.3 is 0 Å². The van der Waals surface area contributed by atoms with Gasteiger partial charge in [0.1, 0.15) is 5.52 Å². The summed E-state index contributed by atoms with van der Waals surface area (Å²) >= 11 is 0. The maximum atomic E-state index is 12.5. The number of carbonyl (C=O) groups excluding carboxylic acids is 2. The number of aromatic amines is 1. The van der Waals surface area contributed by atoms with Crippen LogP contribution in [0.2, 0.25) is 0 Å². The number of amides is 2. The third-order valence-corrected chi connectivity index (χ3v) is 4.50. The van der Waals surface area contributed by atoms with Gasteiger partial charge in [-0.3, -0.25) is 19.6 Å². The number of hydrogen-bond donors (Lipinski definition) is 1. The molecule has 6 nitrogen and oxygen atoms in total. The Morgan fingerprint density at radius 1 is 1.14 bits per heavy atom. The van der Waals surface area contributed by atoms with Crippen LogP contribution in [0.25, 0.3) is 11.0 Å². The number of carbonyl (C=O) groups is 2. The molecular weight excluding hydrogens is 280 g/mol. The molecule has 0 atom stereocenters. The highest BCUT2D eigenvalue weighted by Gasteiger charge is 2.38. The molecule has 6 heteroatoms. The van der Waals surface area contributed by atoms with E-state index < -0.39 is 0 Å². The van der Waals surface area contributed by atoms with Crippen LogP contribution in [0.15, 0.2) is 23.3 Å². The van der Waals surface area contributed by atoms with E-state index in [-0.39, 0.29) is 11.8 Å². The predicted octanol–water partition coefficient (Wildman–Crippen LogP) is 2.01. The Hall–Kier alpha value is -2.50. The highest BCUT2D eigenvalue weighted by Crippen LogP contribution is 2.33. The van der Waals surface area contributed by atoms with Crippen molar-refractivity contribution in [3.8, 4) is 0 Å². The van der Waals surface area contributed by atoms with Crippen LogP contribution >= 0.6 is 0 Å². The Bertz CT molecular complexity index is 806. The molecule has 2 amide bonds. The van der Waals surface area contributed by atoms with Gasteiger partial charge in [0.25, 0.3) is 11.8 Å². The maximum absolute atomic E-state index is 12.5. The molecule has 1 aliphatic heterocycles. The van der Waals surface area contributed by atoms with Crippen molar-refractivity contribution in [3.05, 3.63) is 34.4 Å². The van der Waals surface area contributed by atoms with E-state index in [0.29, 0.717) is 6.54 Å². The van der Waals surface area contributed by atoms with Crippen molar-refractivity contribution >= 4 is 22.8 Å². The minimum Gasteiger partial charge on any atom is -0.270 e. The second kappa shape index (κ2) is 4.76. The standard InChI is InChI=1S/C16H16N4O2/c1-9-6-10(7-13-14(9)18-19-17-13)8-20-15(21)11-4-2-3-5-12(11)16(20)22/h6-7H,2-5,8H2,1H3,(H,17,18,19). The Morgan fingerprint density at radius 3 is 2.50 bits per heavy atom. The van der Waals surface area contributed by atoms with Gasteiger partial charge in [-0.1, -0.05) is 11.3 Å². The number of hydrogen-bond acceptors (Lipinski definition) is 4. The summed E-state index contributed by atoms with van der Waals surface area (Å²) in [6.07, 6.45) is 3.46. The van der Waals surface area contributed by atoms with E-state index in [2.05, 4.69) is 15.4 Å². The van der Waals surface area contributed by atoms with Gasteiger partial charge in [-0.05, 0) is 49.8 Å². The molecule has 2 heterocycles. The average Bonchev–Trinajstić information content (AvgIpc) is 3.08. The van der Waals surface area contributed by atoms with Crippen LogP contribution in [0.3, 0.4) is 0 Å². The molecule has 2 aliphatic rings. The molecule has 0 bridgehead atoms. The van der Waals surface area contributed by atoms with E-state index in [0.717, 1.165) is 59.0 Å². The molecule has 2 aromatic rings. The molecule has 0 radical (unpaired) electrons.